The number of para-hydroxylation sites is 1. The minimum absolute atomic E-state index is 0. The molecule has 2 amide bonds. The van der Waals surface area contributed by atoms with Crippen LogP contribution in [0.4, 0.5) is 5.69 Å². The second-order valence-corrected chi connectivity index (χ2v) is 9.35. The minimum Gasteiger partial charge on any atom is -0.339 e. The summed E-state index contributed by atoms with van der Waals surface area (Å²) in [7, 11) is 0. The van der Waals surface area contributed by atoms with Crippen LogP contribution < -0.4 is 5.32 Å². The SMILES string of the molecule is Cc1ncc(-c2ccc(C(=O)N3CCC(N4CCCC4)CC3)cc2)nc1C(=O)Nc1ccccc1.[HH].[HH]. The van der Waals surface area contributed by atoms with E-state index in [2.05, 4.69) is 20.2 Å². The Morgan fingerprint density at radius 1 is 0.943 bits per heavy atom. The van der Waals surface area contributed by atoms with Gasteiger partial charge in [-0.05, 0) is 70.0 Å². The van der Waals surface area contributed by atoms with Crippen LogP contribution in [-0.4, -0.2) is 63.8 Å². The van der Waals surface area contributed by atoms with Crippen molar-refractivity contribution in [2.45, 2.75) is 38.6 Å². The second-order valence-electron chi connectivity index (χ2n) is 9.35. The Kier molecular flexibility index (Phi) is 6.86. The second kappa shape index (κ2) is 10.4. The summed E-state index contributed by atoms with van der Waals surface area (Å²) in [5, 5.41) is 2.86. The summed E-state index contributed by atoms with van der Waals surface area (Å²) in [5.41, 5.74) is 3.64. The minimum atomic E-state index is -0.299. The number of carbonyl (C=O) groups excluding carboxylic acids is 2. The fourth-order valence-corrected chi connectivity index (χ4v) is 5.02. The number of aromatic nitrogens is 2. The van der Waals surface area contributed by atoms with Gasteiger partial charge in [-0.2, -0.15) is 0 Å². The highest BCUT2D eigenvalue weighted by Crippen LogP contribution is 2.24. The maximum Gasteiger partial charge on any atom is 0.276 e. The Balaban J connectivity index is 0.00000190. The summed E-state index contributed by atoms with van der Waals surface area (Å²) in [5.74, 6) is -0.221. The van der Waals surface area contributed by atoms with Crippen LogP contribution in [0, 0.1) is 6.92 Å². The van der Waals surface area contributed by atoms with Gasteiger partial charge in [0, 0.05) is 38.8 Å². The quantitative estimate of drug-likeness (QED) is 0.570. The van der Waals surface area contributed by atoms with Gasteiger partial charge in [-0.25, -0.2) is 4.98 Å². The standard InChI is InChI=1S/C28H31N5O2.2H2/c1-20-26(27(34)30-23-7-3-2-4-8-23)31-25(19-29-20)21-9-11-22(12-10-21)28(35)33-17-13-24(14-18-33)32-15-5-6-16-32;;/h2-4,7-12,19,24H,5-6,13-18H2,1H3,(H,30,34);2*1H. The zero-order valence-electron chi connectivity index (χ0n) is 20.1. The van der Waals surface area contributed by atoms with Crippen molar-refractivity contribution < 1.29 is 12.4 Å². The van der Waals surface area contributed by atoms with Crippen LogP contribution in [0.3, 0.4) is 0 Å². The van der Waals surface area contributed by atoms with Crippen LogP contribution in [0.1, 0.15) is 55.1 Å². The number of benzene rings is 2. The first-order valence-corrected chi connectivity index (χ1v) is 12.4. The van der Waals surface area contributed by atoms with Crippen molar-refractivity contribution in [3.05, 3.63) is 77.7 Å². The van der Waals surface area contributed by atoms with Crippen LogP contribution in [0.5, 0.6) is 0 Å². The Morgan fingerprint density at radius 2 is 1.63 bits per heavy atom. The van der Waals surface area contributed by atoms with Gasteiger partial charge in [0.25, 0.3) is 11.8 Å². The summed E-state index contributed by atoms with van der Waals surface area (Å²) in [6, 6.07) is 17.3. The summed E-state index contributed by atoms with van der Waals surface area (Å²) < 4.78 is 0. The molecule has 2 aliphatic heterocycles. The normalized spacial score (nSPS) is 16.9. The smallest absolute Gasteiger partial charge is 0.276 e. The van der Waals surface area contributed by atoms with Crippen molar-refractivity contribution in [2.24, 2.45) is 0 Å². The number of hydrogen-bond acceptors (Lipinski definition) is 5. The topological polar surface area (TPSA) is 78.4 Å². The highest BCUT2D eigenvalue weighted by atomic mass is 16.2. The third-order valence-corrected chi connectivity index (χ3v) is 7.04. The molecule has 0 radical (unpaired) electrons. The van der Waals surface area contributed by atoms with Gasteiger partial charge >= 0.3 is 0 Å². The first-order valence-electron chi connectivity index (χ1n) is 12.4. The van der Waals surface area contributed by atoms with E-state index < -0.39 is 0 Å². The van der Waals surface area contributed by atoms with Crippen molar-refractivity contribution in [2.75, 3.05) is 31.5 Å². The first kappa shape index (κ1) is 23.2. The summed E-state index contributed by atoms with van der Waals surface area (Å²) in [6.07, 6.45) is 6.37. The monoisotopic (exact) mass is 473 g/mol. The molecule has 3 heterocycles. The molecular weight excluding hydrogens is 438 g/mol. The average molecular weight is 474 g/mol. The van der Waals surface area contributed by atoms with Gasteiger partial charge in [0.05, 0.1) is 17.6 Å². The Labute approximate surface area is 209 Å². The van der Waals surface area contributed by atoms with E-state index in [0.717, 1.165) is 31.5 Å². The van der Waals surface area contributed by atoms with Gasteiger partial charge in [-0.3, -0.25) is 14.6 Å². The van der Waals surface area contributed by atoms with Gasteiger partial charge in [0.2, 0.25) is 0 Å². The highest BCUT2D eigenvalue weighted by Gasteiger charge is 2.28. The summed E-state index contributed by atoms with van der Waals surface area (Å²) >= 11 is 0. The predicted molar refractivity (Wildman–Crippen MR) is 141 cm³/mol. The third-order valence-electron chi connectivity index (χ3n) is 7.04. The van der Waals surface area contributed by atoms with E-state index in [1.807, 2.05) is 59.5 Å². The van der Waals surface area contributed by atoms with E-state index in [4.69, 9.17) is 0 Å². The van der Waals surface area contributed by atoms with E-state index >= 15 is 0 Å². The number of carbonyl (C=O) groups is 2. The molecule has 1 aromatic heterocycles. The Hall–Kier alpha value is -3.58. The third kappa shape index (κ3) is 5.25. The predicted octanol–water partition coefficient (Wildman–Crippen LogP) is 4.90. The molecule has 0 spiro atoms. The van der Waals surface area contributed by atoms with Crippen molar-refractivity contribution in [3.8, 4) is 11.3 Å². The van der Waals surface area contributed by atoms with Crippen LogP contribution in [-0.2, 0) is 0 Å². The molecule has 0 bridgehead atoms. The van der Waals surface area contributed by atoms with Crippen LogP contribution >= 0.6 is 0 Å². The molecule has 184 valence electrons. The maximum absolute atomic E-state index is 13.1. The molecule has 2 fully saturated rings. The number of aryl methyl sites for hydroxylation is 1. The van der Waals surface area contributed by atoms with E-state index in [0.29, 0.717) is 28.7 Å². The fraction of sp³-hybridized carbons (Fsp3) is 0.357. The molecule has 2 aliphatic rings. The average Bonchev–Trinajstić information content (AvgIpc) is 3.44. The van der Waals surface area contributed by atoms with E-state index in [1.54, 1.807) is 13.1 Å². The Morgan fingerprint density at radius 3 is 2.31 bits per heavy atom. The van der Waals surface area contributed by atoms with Crippen molar-refractivity contribution >= 4 is 17.5 Å². The molecule has 35 heavy (non-hydrogen) atoms. The molecule has 0 unspecified atom stereocenters. The lowest BCUT2D eigenvalue weighted by Crippen LogP contribution is -2.45. The molecule has 0 saturated carbocycles. The molecule has 0 atom stereocenters. The zero-order chi connectivity index (χ0) is 24.2. The molecule has 3 aromatic rings. The lowest BCUT2D eigenvalue weighted by molar-refractivity contribution is 0.0644. The maximum atomic E-state index is 13.1. The summed E-state index contributed by atoms with van der Waals surface area (Å²) in [4.78, 5) is 39.4. The number of rotatable bonds is 5. The molecule has 1 N–H and O–H groups in total. The number of anilines is 1. The lowest BCUT2D eigenvalue weighted by Gasteiger charge is -2.36. The number of amides is 2. The molecular formula is C28H35N5O2. The molecule has 5 rings (SSSR count). The number of nitrogens with zero attached hydrogens (tertiary/aromatic N) is 4. The van der Waals surface area contributed by atoms with Gasteiger partial charge in [0.1, 0.15) is 5.69 Å². The molecule has 2 saturated heterocycles. The fourth-order valence-electron chi connectivity index (χ4n) is 5.02. The van der Waals surface area contributed by atoms with Gasteiger partial charge < -0.3 is 15.1 Å². The van der Waals surface area contributed by atoms with Gasteiger partial charge in [-0.15, -0.1) is 0 Å². The van der Waals surface area contributed by atoms with Crippen molar-refractivity contribution in [1.29, 1.82) is 0 Å². The van der Waals surface area contributed by atoms with Crippen molar-refractivity contribution in [3.63, 3.8) is 0 Å². The lowest BCUT2D eigenvalue weighted by atomic mass is 10.0. The van der Waals surface area contributed by atoms with Gasteiger partial charge in [-0.1, -0.05) is 30.3 Å². The summed E-state index contributed by atoms with van der Waals surface area (Å²) in [6.45, 7) is 5.80. The first-order chi connectivity index (χ1) is 17.1. The zero-order valence-corrected chi connectivity index (χ0v) is 20.1. The van der Waals surface area contributed by atoms with E-state index in [9.17, 15) is 9.59 Å². The Bertz CT molecular complexity index is 1190. The molecule has 0 aliphatic carbocycles. The van der Waals surface area contributed by atoms with Crippen LogP contribution in [0.15, 0.2) is 60.8 Å². The van der Waals surface area contributed by atoms with Gasteiger partial charge in [0.15, 0.2) is 0 Å². The number of hydrogen-bond donors (Lipinski definition) is 1. The largest absolute Gasteiger partial charge is 0.339 e. The molecule has 7 heteroatoms. The van der Waals surface area contributed by atoms with Crippen LogP contribution in [0.25, 0.3) is 11.3 Å². The molecule has 2 aromatic carbocycles. The van der Waals surface area contributed by atoms with E-state index in [1.165, 1.54) is 25.9 Å². The highest BCUT2D eigenvalue weighted by molar-refractivity contribution is 6.03. The number of nitrogens with one attached hydrogen (secondary N) is 1. The number of likely N-dealkylation sites (tertiary alicyclic amines) is 2. The van der Waals surface area contributed by atoms with Crippen LogP contribution in [0.2, 0.25) is 0 Å². The van der Waals surface area contributed by atoms with E-state index in [-0.39, 0.29) is 20.4 Å². The molecule has 7 nitrogen and oxygen atoms in total. The number of piperidine rings is 1. The van der Waals surface area contributed by atoms with Crippen molar-refractivity contribution in [1.82, 2.24) is 19.8 Å².